The maximum atomic E-state index is 12.2. The molecule has 1 saturated heterocycles. The molecule has 3 rings (SSSR count). The molecule has 0 radical (unpaired) electrons. The number of amides is 2. The monoisotopic (exact) mass is 395 g/mol. The largest absolute Gasteiger partial charge is 0.385 e. The van der Waals surface area contributed by atoms with Crippen molar-refractivity contribution in [2.45, 2.75) is 13.3 Å². The van der Waals surface area contributed by atoms with E-state index in [4.69, 9.17) is 0 Å². The van der Waals surface area contributed by atoms with Gasteiger partial charge in [0, 0.05) is 68.8 Å². The predicted octanol–water partition coefficient (Wildman–Crippen LogP) is 2.84. The second-order valence-electron chi connectivity index (χ2n) is 7.32. The van der Waals surface area contributed by atoms with Gasteiger partial charge >= 0.3 is 0 Å². The second-order valence-corrected chi connectivity index (χ2v) is 7.32. The number of rotatable bonds is 7. The van der Waals surface area contributed by atoms with Gasteiger partial charge in [0.25, 0.3) is 0 Å². The number of likely N-dealkylation sites (N-methyl/N-ethyl adjacent to an activating group) is 1. The van der Waals surface area contributed by atoms with Crippen molar-refractivity contribution >= 4 is 34.6 Å². The van der Waals surface area contributed by atoms with E-state index >= 15 is 0 Å². The van der Waals surface area contributed by atoms with Crippen LogP contribution in [0.3, 0.4) is 0 Å². The molecule has 7 nitrogen and oxygen atoms in total. The van der Waals surface area contributed by atoms with Crippen molar-refractivity contribution < 1.29 is 9.59 Å². The van der Waals surface area contributed by atoms with Crippen LogP contribution in [0.2, 0.25) is 0 Å². The second kappa shape index (κ2) is 9.93. The maximum absolute atomic E-state index is 12.2. The molecule has 0 atom stereocenters. The molecule has 1 aliphatic heterocycles. The zero-order chi connectivity index (χ0) is 20.6. The number of benzene rings is 2. The Morgan fingerprint density at radius 3 is 2.21 bits per heavy atom. The Hall–Kier alpha value is -3.06. The molecule has 0 spiro atoms. The maximum Gasteiger partial charge on any atom is 0.226 e. The zero-order valence-corrected chi connectivity index (χ0v) is 17.1. The van der Waals surface area contributed by atoms with Crippen molar-refractivity contribution in [1.29, 1.82) is 0 Å². The van der Waals surface area contributed by atoms with Crippen LogP contribution in [0.15, 0.2) is 48.5 Å². The van der Waals surface area contributed by atoms with Crippen LogP contribution in [0.4, 0.5) is 22.7 Å². The number of nitrogens with one attached hydrogen (secondary N) is 3. The number of carbonyl (C=O) groups is 2. The summed E-state index contributed by atoms with van der Waals surface area (Å²) in [4.78, 5) is 28.0. The van der Waals surface area contributed by atoms with Gasteiger partial charge in [0.15, 0.2) is 0 Å². The fourth-order valence-electron chi connectivity index (χ4n) is 3.28. The molecule has 0 unspecified atom stereocenters. The minimum Gasteiger partial charge on any atom is -0.385 e. The van der Waals surface area contributed by atoms with Crippen LogP contribution in [0.25, 0.3) is 0 Å². The lowest BCUT2D eigenvalue weighted by molar-refractivity contribution is -0.116. The third kappa shape index (κ3) is 6.50. The van der Waals surface area contributed by atoms with E-state index in [1.165, 1.54) is 12.6 Å². The molecule has 154 valence electrons. The number of nitrogens with zero attached hydrogens (tertiary/aromatic N) is 2. The number of piperazine rings is 1. The van der Waals surface area contributed by atoms with Gasteiger partial charge in [-0.3, -0.25) is 9.59 Å². The Balaban J connectivity index is 1.42. The normalized spacial score (nSPS) is 14.3. The number of hydrogen-bond acceptors (Lipinski definition) is 5. The van der Waals surface area contributed by atoms with Crippen molar-refractivity contribution in [1.82, 2.24) is 4.90 Å². The standard InChI is InChI=1S/C22H29N5O2/c1-17(28)24-19-4-3-5-20(16-19)25-22(29)10-11-23-18-6-8-21(9-7-18)27-14-12-26(2)13-15-27/h3-9,16,23H,10-15H2,1-2H3,(H,24,28)(H,25,29). The van der Waals surface area contributed by atoms with Crippen LogP contribution in [-0.4, -0.2) is 56.5 Å². The zero-order valence-electron chi connectivity index (χ0n) is 17.1. The Labute approximate surface area is 172 Å². The smallest absolute Gasteiger partial charge is 0.226 e. The third-order valence-corrected chi connectivity index (χ3v) is 4.88. The summed E-state index contributed by atoms with van der Waals surface area (Å²) in [6.45, 7) is 6.27. The van der Waals surface area contributed by atoms with Gasteiger partial charge in [-0.2, -0.15) is 0 Å². The number of anilines is 4. The van der Waals surface area contributed by atoms with Crippen molar-refractivity contribution in [3.63, 3.8) is 0 Å². The van der Waals surface area contributed by atoms with Gasteiger partial charge < -0.3 is 25.8 Å². The van der Waals surface area contributed by atoms with Crippen molar-refractivity contribution in [2.24, 2.45) is 0 Å². The van der Waals surface area contributed by atoms with Gasteiger partial charge in [-0.15, -0.1) is 0 Å². The number of hydrogen-bond donors (Lipinski definition) is 3. The molecule has 0 saturated carbocycles. The van der Waals surface area contributed by atoms with Gasteiger partial charge in [0.2, 0.25) is 11.8 Å². The lowest BCUT2D eigenvalue weighted by Crippen LogP contribution is -2.44. The highest BCUT2D eigenvalue weighted by molar-refractivity contribution is 5.93. The summed E-state index contributed by atoms with van der Waals surface area (Å²) < 4.78 is 0. The van der Waals surface area contributed by atoms with Crippen molar-refractivity contribution in [3.8, 4) is 0 Å². The lowest BCUT2D eigenvalue weighted by Gasteiger charge is -2.34. The molecule has 1 fully saturated rings. The fraction of sp³-hybridized carbons (Fsp3) is 0.364. The van der Waals surface area contributed by atoms with Crippen molar-refractivity contribution in [3.05, 3.63) is 48.5 Å². The van der Waals surface area contributed by atoms with E-state index in [1.54, 1.807) is 24.3 Å². The van der Waals surface area contributed by atoms with Crippen LogP contribution < -0.4 is 20.9 Å². The highest BCUT2D eigenvalue weighted by Gasteiger charge is 2.13. The van der Waals surface area contributed by atoms with Crippen LogP contribution in [0.5, 0.6) is 0 Å². The molecular weight excluding hydrogens is 366 g/mol. The highest BCUT2D eigenvalue weighted by Crippen LogP contribution is 2.19. The molecule has 3 N–H and O–H groups in total. The molecule has 0 aromatic heterocycles. The average molecular weight is 396 g/mol. The van der Waals surface area contributed by atoms with E-state index in [0.29, 0.717) is 24.3 Å². The summed E-state index contributed by atoms with van der Waals surface area (Å²) in [5, 5.41) is 8.85. The Bertz CT molecular complexity index is 829. The predicted molar refractivity (Wildman–Crippen MR) is 119 cm³/mol. The van der Waals surface area contributed by atoms with E-state index in [0.717, 1.165) is 31.9 Å². The third-order valence-electron chi connectivity index (χ3n) is 4.88. The van der Waals surface area contributed by atoms with Crippen LogP contribution >= 0.6 is 0 Å². The Morgan fingerprint density at radius 2 is 1.55 bits per heavy atom. The molecule has 2 aromatic rings. The SMILES string of the molecule is CC(=O)Nc1cccc(NC(=O)CCNc2ccc(N3CCN(C)CC3)cc2)c1. The van der Waals surface area contributed by atoms with E-state index in [1.807, 2.05) is 0 Å². The average Bonchev–Trinajstić information content (AvgIpc) is 2.69. The summed E-state index contributed by atoms with van der Waals surface area (Å²) in [7, 11) is 2.15. The minimum atomic E-state index is -0.142. The quantitative estimate of drug-likeness (QED) is 0.672. The highest BCUT2D eigenvalue weighted by atomic mass is 16.2. The molecular formula is C22H29N5O2. The summed E-state index contributed by atoms with van der Waals surface area (Å²) in [5.41, 5.74) is 3.57. The Morgan fingerprint density at radius 1 is 0.897 bits per heavy atom. The van der Waals surface area contributed by atoms with Gasteiger partial charge in [-0.1, -0.05) is 6.07 Å². The molecule has 0 aliphatic carbocycles. The molecule has 0 bridgehead atoms. The molecule has 1 aliphatic rings. The first-order chi connectivity index (χ1) is 14.0. The van der Waals surface area contributed by atoms with Crippen LogP contribution in [-0.2, 0) is 9.59 Å². The van der Waals surface area contributed by atoms with Gasteiger partial charge in [-0.05, 0) is 49.5 Å². The molecule has 7 heteroatoms. The van der Waals surface area contributed by atoms with Gasteiger partial charge in [-0.25, -0.2) is 0 Å². The van der Waals surface area contributed by atoms with Gasteiger partial charge in [0.05, 0.1) is 0 Å². The molecule has 29 heavy (non-hydrogen) atoms. The van der Waals surface area contributed by atoms with Gasteiger partial charge in [0.1, 0.15) is 0 Å². The first-order valence-corrected chi connectivity index (χ1v) is 9.94. The fourth-order valence-corrected chi connectivity index (χ4v) is 3.28. The Kier molecular flexibility index (Phi) is 7.08. The number of carbonyl (C=O) groups excluding carboxylic acids is 2. The van der Waals surface area contributed by atoms with E-state index < -0.39 is 0 Å². The van der Waals surface area contributed by atoms with Crippen LogP contribution in [0, 0.1) is 0 Å². The molecule has 2 aromatic carbocycles. The topological polar surface area (TPSA) is 76.7 Å². The summed E-state index contributed by atoms with van der Waals surface area (Å²) in [5.74, 6) is -0.220. The lowest BCUT2D eigenvalue weighted by atomic mass is 10.2. The van der Waals surface area contributed by atoms with E-state index in [2.05, 4.69) is 57.1 Å². The van der Waals surface area contributed by atoms with Crippen molar-refractivity contribution in [2.75, 3.05) is 60.6 Å². The van der Waals surface area contributed by atoms with E-state index in [-0.39, 0.29) is 11.8 Å². The first kappa shape index (κ1) is 20.7. The summed E-state index contributed by atoms with van der Waals surface area (Å²) in [6.07, 6.45) is 0.352. The van der Waals surface area contributed by atoms with Crippen LogP contribution in [0.1, 0.15) is 13.3 Å². The summed E-state index contributed by atoms with van der Waals surface area (Å²) in [6, 6.07) is 15.5. The molecule has 2 amide bonds. The summed E-state index contributed by atoms with van der Waals surface area (Å²) >= 11 is 0. The molecule has 1 heterocycles. The first-order valence-electron chi connectivity index (χ1n) is 9.94. The minimum absolute atomic E-state index is 0.0773. The van der Waals surface area contributed by atoms with E-state index in [9.17, 15) is 9.59 Å².